The van der Waals surface area contributed by atoms with E-state index in [0.717, 1.165) is 66.8 Å². The summed E-state index contributed by atoms with van der Waals surface area (Å²) in [5.74, 6) is 3.23. The van der Waals surface area contributed by atoms with Gasteiger partial charge >= 0.3 is 0 Å². The van der Waals surface area contributed by atoms with Gasteiger partial charge in [-0.3, -0.25) is 0 Å². The Morgan fingerprint density at radius 3 is 2.44 bits per heavy atom. The number of aromatic nitrogens is 1. The van der Waals surface area contributed by atoms with Crippen molar-refractivity contribution in [3.8, 4) is 22.1 Å². The van der Waals surface area contributed by atoms with E-state index >= 15 is 0 Å². The monoisotopic (exact) mass is 550 g/mol. The van der Waals surface area contributed by atoms with Gasteiger partial charge in [0, 0.05) is 17.4 Å². The molecule has 2 N–H and O–H groups in total. The SMILES string of the molecule is CCCc1cc(-c2nc(CCOc3ccccc3CCCC(CCC)CCN)cs2)cc(C(C)C)c1OCC. The van der Waals surface area contributed by atoms with E-state index in [0.29, 0.717) is 19.1 Å². The molecule has 1 heterocycles. The third-order valence-electron chi connectivity index (χ3n) is 7.34. The van der Waals surface area contributed by atoms with Gasteiger partial charge in [-0.1, -0.05) is 71.6 Å². The van der Waals surface area contributed by atoms with Crippen LogP contribution in [0.1, 0.15) is 101 Å². The number of aryl methyl sites for hydroxylation is 2. The molecule has 1 unspecified atom stereocenters. The molecule has 214 valence electrons. The third kappa shape index (κ3) is 9.36. The minimum absolute atomic E-state index is 0.396. The Hall–Kier alpha value is -2.37. The topological polar surface area (TPSA) is 57.4 Å². The molecule has 0 saturated heterocycles. The fraction of sp³-hybridized carbons (Fsp3) is 0.559. The van der Waals surface area contributed by atoms with E-state index in [2.05, 4.69) is 76.4 Å². The molecule has 0 saturated carbocycles. The summed E-state index contributed by atoms with van der Waals surface area (Å²) in [4.78, 5) is 5.00. The lowest BCUT2D eigenvalue weighted by atomic mass is 9.92. The summed E-state index contributed by atoms with van der Waals surface area (Å²) in [6.45, 7) is 13.1. The van der Waals surface area contributed by atoms with Gasteiger partial charge in [0.1, 0.15) is 16.5 Å². The van der Waals surface area contributed by atoms with Crippen molar-refractivity contribution < 1.29 is 9.47 Å². The number of hydrogen-bond donors (Lipinski definition) is 1. The average molecular weight is 551 g/mol. The second kappa shape index (κ2) is 16.7. The second-order valence-electron chi connectivity index (χ2n) is 10.9. The highest BCUT2D eigenvalue weighted by molar-refractivity contribution is 7.13. The second-order valence-corrected chi connectivity index (χ2v) is 11.7. The highest BCUT2D eigenvalue weighted by Gasteiger charge is 2.17. The van der Waals surface area contributed by atoms with Crippen molar-refractivity contribution >= 4 is 11.3 Å². The molecule has 0 amide bonds. The van der Waals surface area contributed by atoms with Crippen molar-refractivity contribution in [2.75, 3.05) is 19.8 Å². The number of rotatable bonds is 18. The van der Waals surface area contributed by atoms with Crippen LogP contribution in [-0.2, 0) is 19.3 Å². The highest BCUT2D eigenvalue weighted by atomic mass is 32.1. The highest BCUT2D eigenvalue weighted by Crippen LogP contribution is 2.37. The summed E-state index contributed by atoms with van der Waals surface area (Å²) in [7, 11) is 0. The van der Waals surface area contributed by atoms with Gasteiger partial charge in [0.2, 0.25) is 0 Å². The maximum atomic E-state index is 6.28. The number of benzene rings is 2. The van der Waals surface area contributed by atoms with Crippen molar-refractivity contribution in [3.63, 3.8) is 0 Å². The van der Waals surface area contributed by atoms with Crippen molar-refractivity contribution in [3.05, 3.63) is 64.2 Å². The number of para-hydroxylation sites is 1. The van der Waals surface area contributed by atoms with Gasteiger partial charge in [0.05, 0.1) is 18.9 Å². The van der Waals surface area contributed by atoms with Crippen LogP contribution in [0.2, 0.25) is 0 Å². The van der Waals surface area contributed by atoms with Crippen LogP contribution < -0.4 is 15.2 Å². The first-order valence-corrected chi connectivity index (χ1v) is 16.0. The zero-order valence-corrected chi connectivity index (χ0v) is 25.7. The largest absolute Gasteiger partial charge is 0.493 e. The van der Waals surface area contributed by atoms with Gasteiger partial charge < -0.3 is 15.2 Å². The number of hydrogen-bond acceptors (Lipinski definition) is 5. The van der Waals surface area contributed by atoms with Crippen LogP contribution in [0.3, 0.4) is 0 Å². The van der Waals surface area contributed by atoms with Crippen molar-refractivity contribution in [1.82, 2.24) is 4.98 Å². The normalized spacial score (nSPS) is 12.2. The van der Waals surface area contributed by atoms with Gasteiger partial charge in [-0.15, -0.1) is 11.3 Å². The number of ether oxygens (including phenoxy) is 2. The lowest BCUT2D eigenvalue weighted by Gasteiger charge is -2.19. The first-order valence-electron chi connectivity index (χ1n) is 15.2. The molecule has 0 aliphatic rings. The Kier molecular flexibility index (Phi) is 13.3. The molecule has 39 heavy (non-hydrogen) atoms. The molecule has 1 atom stereocenters. The Labute approximate surface area is 241 Å². The van der Waals surface area contributed by atoms with Gasteiger partial charge in [0.25, 0.3) is 0 Å². The molecule has 0 aliphatic heterocycles. The van der Waals surface area contributed by atoms with E-state index in [1.165, 1.54) is 47.9 Å². The average Bonchev–Trinajstić information content (AvgIpc) is 3.40. The van der Waals surface area contributed by atoms with Crippen molar-refractivity contribution in [1.29, 1.82) is 0 Å². The summed E-state index contributed by atoms with van der Waals surface area (Å²) in [6.07, 6.45) is 10.0. The lowest BCUT2D eigenvalue weighted by molar-refractivity contribution is 0.316. The summed E-state index contributed by atoms with van der Waals surface area (Å²) in [6, 6.07) is 13.1. The van der Waals surface area contributed by atoms with Gasteiger partial charge in [0.15, 0.2) is 0 Å². The Bertz CT molecular complexity index is 1120. The van der Waals surface area contributed by atoms with E-state index in [9.17, 15) is 0 Å². The standard InChI is InChI=1S/C34H50N2O2S/c1-6-12-26(18-20-35)14-11-16-27-15-9-10-17-32(27)38-21-19-30-24-39-34(36-30)29-22-28(13-7-2)33(37-8-3)31(23-29)25(4)5/h9-10,15,17,22-26H,6-8,11-14,16,18-21,35H2,1-5H3. The molecule has 5 heteroatoms. The molecule has 0 fully saturated rings. The predicted molar refractivity (Wildman–Crippen MR) is 167 cm³/mol. The molecule has 0 radical (unpaired) electrons. The minimum Gasteiger partial charge on any atom is -0.493 e. The maximum Gasteiger partial charge on any atom is 0.125 e. The molecule has 1 aromatic heterocycles. The molecular weight excluding hydrogens is 500 g/mol. The molecular formula is C34H50N2O2S. The Balaban J connectivity index is 1.63. The summed E-state index contributed by atoms with van der Waals surface area (Å²) < 4.78 is 12.4. The quantitative estimate of drug-likeness (QED) is 0.172. The zero-order chi connectivity index (χ0) is 28.0. The molecule has 0 bridgehead atoms. The Morgan fingerprint density at radius 2 is 1.72 bits per heavy atom. The van der Waals surface area contributed by atoms with E-state index in [4.69, 9.17) is 20.2 Å². The van der Waals surface area contributed by atoms with Crippen molar-refractivity contribution in [2.24, 2.45) is 11.7 Å². The number of nitrogens with two attached hydrogens (primary N) is 1. The van der Waals surface area contributed by atoms with Crippen LogP contribution in [0.4, 0.5) is 0 Å². The van der Waals surface area contributed by atoms with Crippen LogP contribution in [0.25, 0.3) is 10.6 Å². The molecule has 3 rings (SSSR count). The van der Waals surface area contributed by atoms with E-state index in [1.807, 2.05) is 0 Å². The van der Waals surface area contributed by atoms with Crippen LogP contribution >= 0.6 is 11.3 Å². The van der Waals surface area contributed by atoms with Gasteiger partial charge in [-0.05, 0) is 85.9 Å². The lowest BCUT2D eigenvalue weighted by Crippen LogP contribution is -2.09. The molecule has 0 spiro atoms. The smallest absolute Gasteiger partial charge is 0.125 e. The predicted octanol–water partition coefficient (Wildman–Crippen LogP) is 8.99. The summed E-state index contributed by atoms with van der Waals surface area (Å²) in [5.41, 5.74) is 12.0. The zero-order valence-electron chi connectivity index (χ0n) is 24.9. The number of nitrogens with zero attached hydrogens (tertiary/aromatic N) is 1. The van der Waals surface area contributed by atoms with Crippen LogP contribution in [0, 0.1) is 5.92 Å². The molecule has 3 aromatic rings. The van der Waals surface area contributed by atoms with Gasteiger partial charge in [-0.25, -0.2) is 4.98 Å². The van der Waals surface area contributed by atoms with Crippen molar-refractivity contribution in [2.45, 2.75) is 98.3 Å². The van der Waals surface area contributed by atoms with E-state index < -0.39 is 0 Å². The van der Waals surface area contributed by atoms with E-state index in [1.54, 1.807) is 11.3 Å². The van der Waals surface area contributed by atoms with Gasteiger partial charge in [-0.2, -0.15) is 0 Å². The first-order chi connectivity index (χ1) is 19.0. The fourth-order valence-corrected chi connectivity index (χ4v) is 6.21. The van der Waals surface area contributed by atoms with Crippen LogP contribution in [0.5, 0.6) is 11.5 Å². The molecule has 0 aliphatic carbocycles. The molecule has 2 aromatic carbocycles. The van der Waals surface area contributed by atoms with E-state index in [-0.39, 0.29) is 0 Å². The van der Waals surface area contributed by atoms with Crippen LogP contribution in [-0.4, -0.2) is 24.7 Å². The summed E-state index contributed by atoms with van der Waals surface area (Å²) >= 11 is 1.72. The number of thiazole rings is 1. The fourth-order valence-electron chi connectivity index (χ4n) is 5.37. The maximum absolute atomic E-state index is 6.28. The summed E-state index contributed by atoms with van der Waals surface area (Å²) in [5, 5.41) is 3.26. The molecule has 4 nitrogen and oxygen atoms in total. The van der Waals surface area contributed by atoms with Crippen LogP contribution in [0.15, 0.2) is 41.8 Å². The third-order valence-corrected chi connectivity index (χ3v) is 8.28. The minimum atomic E-state index is 0.396. The Morgan fingerprint density at radius 1 is 0.897 bits per heavy atom. The first kappa shape index (κ1) is 31.2.